The fourth-order valence-corrected chi connectivity index (χ4v) is 2.30. The van der Waals surface area contributed by atoms with Crippen LogP contribution in [0.2, 0.25) is 0 Å². The Balaban J connectivity index is 0.000000902. The highest BCUT2D eigenvalue weighted by molar-refractivity contribution is 5.85. The zero-order chi connectivity index (χ0) is 11.8. The zero-order valence-electron chi connectivity index (χ0n) is 10.4. The third-order valence-electron chi connectivity index (χ3n) is 3.06. The lowest BCUT2D eigenvalue weighted by Crippen LogP contribution is -2.47. The molecule has 1 unspecified atom stereocenters. The number of aromatic nitrogens is 2. The highest BCUT2D eigenvalue weighted by Gasteiger charge is 2.27. The second-order valence-electron chi connectivity index (χ2n) is 4.19. The molecule has 2 aromatic rings. The number of piperazine rings is 1. The van der Waals surface area contributed by atoms with Crippen LogP contribution >= 0.6 is 24.8 Å². The molecule has 2 aromatic heterocycles. The number of nitrogens with one attached hydrogen (secondary N) is 2. The number of hydrogen-bond donors (Lipinski definition) is 2. The van der Waals surface area contributed by atoms with Crippen LogP contribution in [0.25, 0.3) is 5.65 Å². The number of nitrogens with zero attached hydrogens (tertiary/aromatic N) is 2. The molecule has 0 spiro atoms. The Bertz CT molecular complexity index is 584. The maximum absolute atomic E-state index is 11.9. The van der Waals surface area contributed by atoms with E-state index in [-0.39, 0.29) is 36.8 Å². The van der Waals surface area contributed by atoms with Crippen molar-refractivity contribution in [3.63, 3.8) is 0 Å². The molecule has 3 heterocycles. The summed E-state index contributed by atoms with van der Waals surface area (Å²) in [5.41, 5.74) is 2.70. The lowest BCUT2D eigenvalue weighted by atomic mass is 10.1. The zero-order valence-corrected chi connectivity index (χ0v) is 12.1. The normalized spacial score (nSPS) is 18.4. The van der Waals surface area contributed by atoms with Crippen LogP contribution < -0.4 is 10.6 Å². The largest absolute Gasteiger partial charge is 0.353 e. The summed E-state index contributed by atoms with van der Waals surface area (Å²) in [7, 11) is 0. The van der Waals surface area contributed by atoms with E-state index in [0.717, 1.165) is 23.6 Å². The number of aryl methyl sites for hydroxylation is 1. The van der Waals surface area contributed by atoms with Gasteiger partial charge in [-0.2, -0.15) is 0 Å². The van der Waals surface area contributed by atoms with Crippen LogP contribution in [0, 0.1) is 6.92 Å². The second-order valence-corrected chi connectivity index (χ2v) is 4.19. The molecule has 1 aliphatic heterocycles. The summed E-state index contributed by atoms with van der Waals surface area (Å²) in [6, 6.07) is 5.52. The number of hydrogen-bond acceptors (Lipinski definition) is 3. The van der Waals surface area contributed by atoms with Crippen molar-refractivity contribution >= 4 is 36.4 Å². The van der Waals surface area contributed by atoms with Crippen LogP contribution in [0.1, 0.15) is 17.4 Å². The van der Waals surface area contributed by atoms with Crippen LogP contribution in [-0.2, 0) is 4.79 Å². The van der Waals surface area contributed by atoms with Gasteiger partial charge in [-0.25, -0.2) is 4.98 Å². The lowest BCUT2D eigenvalue weighted by Gasteiger charge is -2.23. The van der Waals surface area contributed by atoms with E-state index in [1.54, 1.807) is 0 Å². The SMILES string of the molecule is Cc1nc2ccccn2c1C1NCCNC1=O.Cl.Cl. The summed E-state index contributed by atoms with van der Waals surface area (Å²) in [6.45, 7) is 3.41. The van der Waals surface area contributed by atoms with Crippen molar-refractivity contribution in [2.24, 2.45) is 0 Å². The van der Waals surface area contributed by atoms with Crippen LogP contribution in [0.15, 0.2) is 24.4 Å². The fourth-order valence-electron chi connectivity index (χ4n) is 2.30. The van der Waals surface area contributed by atoms with Gasteiger partial charge in [-0.3, -0.25) is 10.1 Å². The fraction of sp³-hybridized carbons (Fsp3) is 0.333. The molecule has 19 heavy (non-hydrogen) atoms. The number of amides is 1. The maximum atomic E-state index is 11.9. The first-order chi connectivity index (χ1) is 8.27. The van der Waals surface area contributed by atoms with Gasteiger partial charge in [0.2, 0.25) is 5.91 Å². The highest BCUT2D eigenvalue weighted by atomic mass is 35.5. The first kappa shape index (κ1) is 15.8. The summed E-state index contributed by atoms with van der Waals surface area (Å²) in [4.78, 5) is 16.3. The van der Waals surface area contributed by atoms with Gasteiger partial charge >= 0.3 is 0 Å². The van der Waals surface area contributed by atoms with Crippen molar-refractivity contribution < 1.29 is 4.79 Å². The Kier molecular flexibility index (Phi) is 5.17. The molecular formula is C12H16Cl2N4O. The van der Waals surface area contributed by atoms with Crippen molar-refractivity contribution in [3.8, 4) is 0 Å². The molecule has 0 aromatic carbocycles. The predicted octanol–water partition coefficient (Wildman–Crippen LogP) is 1.25. The minimum atomic E-state index is -0.304. The van der Waals surface area contributed by atoms with Crippen LogP contribution in [0.3, 0.4) is 0 Å². The summed E-state index contributed by atoms with van der Waals surface area (Å²) in [5, 5.41) is 6.10. The number of halogens is 2. The molecule has 7 heteroatoms. The van der Waals surface area contributed by atoms with E-state index < -0.39 is 0 Å². The number of rotatable bonds is 1. The molecule has 104 valence electrons. The Morgan fingerprint density at radius 2 is 2.11 bits per heavy atom. The topological polar surface area (TPSA) is 58.4 Å². The van der Waals surface area contributed by atoms with Gasteiger partial charge < -0.3 is 9.72 Å². The Labute approximate surface area is 123 Å². The van der Waals surface area contributed by atoms with Gasteiger partial charge in [0, 0.05) is 19.3 Å². The van der Waals surface area contributed by atoms with E-state index in [1.165, 1.54) is 0 Å². The lowest BCUT2D eigenvalue weighted by molar-refractivity contribution is -0.124. The third kappa shape index (κ3) is 2.68. The van der Waals surface area contributed by atoms with Gasteiger partial charge in [0.25, 0.3) is 0 Å². The molecular weight excluding hydrogens is 287 g/mol. The molecule has 1 atom stereocenters. The number of pyridine rings is 1. The van der Waals surface area contributed by atoms with Crippen molar-refractivity contribution in [3.05, 3.63) is 35.8 Å². The minimum Gasteiger partial charge on any atom is -0.353 e. The second kappa shape index (κ2) is 6.23. The average Bonchev–Trinajstić information content (AvgIpc) is 2.66. The quantitative estimate of drug-likeness (QED) is 0.833. The van der Waals surface area contributed by atoms with Gasteiger partial charge in [0.1, 0.15) is 11.7 Å². The summed E-state index contributed by atoms with van der Waals surface area (Å²) >= 11 is 0. The number of fused-ring (bicyclic) bond motifs is 1. The van der Waals surface area contributed by atoms with E-state index in [2.05, 4.69) is 15.6 Å². The molecule has 0 radical (unpaired) electrons. The predicted molar refractivity (Wildman–Crippen MR) is 78.2 cm³/mol. The Morgan fingerprint density at radius 3 is 2.84 bits per heavy atom. The molecule has 1 saturated heterocycles. The molecule has 0 saturated carbocycles. The van der Waals surface area contributed by atoms with Crippen molar-refractivity contribution in [1.82, 2.24) is 20.0 Å². The highest BCUT2D eigenvalue weighted by Crippen LogP contribution is 2.20. The van der Waals surface area contributed by atoms with E-state index in [0.29, 0.717) is 6.54 Å². The smallest absolute Gasteiger partial charge is 0.243 e. The summed E-state index contributed by atoms with van der Waals surface area (Å²) < 4.78 is 1.97. The van der Waals surface area contributed by atoms with Gasteiger partial charge in [-0.1, -0.05) is 6.07 Å². The van der Waals surface area contributed by atoms with Gasteiger partial charge in [0.15, 0.2) is 0 Å². The molecule has 0 aliphatic carbocycles. The Hall–Kier alpha value is -1.30. The minimum absolute atomic E-state index is 0. The molecule has 3 rings (SSSR count). The first-order valence-electron chi connectivity index (χ1n) is 5.72. The number of carbonyl (C=O) groups excluding carboxylic acids is 1. The van der Waals surface area contributed by atoms with E-state index in [9.17, 15) is 4.79 Å². The first-order valence-corrected chi connectivity index (χ1v) is 5.72. The van der Waals surface area contributed by atoms with Crippen molar-refractivity contribution in [2.75, 3.05) is 13.1 Å². The van der Waals surface area contributed by atoms with Crippen molar-refractivity contribution in [1.29, 1.82) is 0 Å². The van der Waals surface area contributed by atoms with Crippen LogP contribution in [0.4, 0.5) is 0 Å². The molecule has 1 fully saturated rings. The Morgan fingerprint density at radius 1 is 1.32 bits per heavy atom. The third-order valence-corrected chi connectivity index (χ3v) is 3.06. The maximum Gasteiger partial charge on any atom is 0.243 e. The van der Waals surface area contributed by atoms with E-state index in [1.807, 2.05) is 35.7 Å². The monoisotopic (exact) mass is 302 g/mol. The number of carbonyl (C=O) groups is 1. The molecule has 1 amide bonds. The summed E-state index contributed by atoms with van der Waals surface area (Å²) in [5.74, 6) is 0.0185. The van der Waals surface area contributed by atoms with E-state index in [4.69, 9.17) is 0 Å². The molecule has 0 bridgehead atoms. The standard InChI is InChI=1S/C12H14N4O.2ClH/c1-8-11(10-12(17)14-6-5-13-10)16-7-3-2-4-9(16)15-8;;/h2-4,7,10,13H,5-6H2,1H3,(H,14,17);2*1H. The van der Waals surface area contributed by atoms with Crippen LogP contribution in [-0.4, -0.2) is 28.4 Å². The average molecular weight is 303 g/mol. The summed E-state index contributed by atoms with van der Waals surface area (Å²) in [6.07, 6.45) is 1.94. The van der Waals surface area contributed by atoms with E-state index >= 15 is 0 Å². The number of imidazole rings is 1. The van der Waals surface area contributed by atoms with Crippen LogP contribution in [0.5, 0.6) is 0 Å². The van der Waals surface area contributed by atoms with Gasteiger partial charge in [-0.15, -0.1) is 24.8 Å². The molecule has 2 N–H and O–H groups in total. The van der Waals surface area contributed by atoms with Gasteiger partial charge in [-0.05, 0) is 19.1 Å². The van der Waals surface area contributed by atoms with Crippen molar-refractivity contribution in [2.45, 2.75) is 13.0 Å². The van der Waals surface area contributed by atoms with Gasteiger partial charge in [0.05, 0.1) is 11.4 Å². The molecule has 1 aliphatic rings. The molecule has 5 nitrogen and oxygen atoms in total.